The smallest absolute Gasteiger partial charge is 0.165 e. The lowest BCUT2D eigenvalue weighted by Gasteiger charge is -2.08. The zero-order valence-corrected chi connectivity index (χ0v) is 12.1. The monoisotopic (exact) mass is 286 g/mol. The number of nitrogens with zero attached hydrogens (tertiary/aromatic N) is 4. The van der Waals surface area contributed by atoms with E-state index in [1.807, 2.05) is 48.8 Å². The molecule has 4 aromatic rings. The Balaban J connectivity index is 2.10. The number of aryl methyl sites for hydroxylation is 1. The summed E-state index contributed by atoms with van der Waals surface area (Å²) in [5.74, 6) is 0.880. The van der Waals surface area contributed by atoms with Crippen LogP contribution in [0.5, 0.6) is 0 Å². The van der Waals surface area contributed by atoms with Gasteiger partial charge in [0.25, 0.3) is 0 Å². The third-order valence-electron chi connectivity index (χ3n) is 3.68. The summed E-state index contributed by atoms with van der Waals surface area (Å²) in [5, 5.41) is 0. The predicted octanol–water partition coefficient (Wildman–Crippen LogP) is 3.79. The Bertz CT molecular complexity index is 927. The lowest BCUT2D eigenvalue weighted by molar-refractivity contribution is 1.06. The Morgan fingerprint density at radius 3 is 2.55 bits per heavy atom. The van der Waals surface area contributed by atoms with Crippen molar-refractivity contribution in [2.75, 3.05) is 0 Å². The molecule has 0 aliphatic rings. The molecule has 0 aliphatic carbocycles. The molecule has 0 bridgehead atoms. The first-order valence-corrected chi connectivity index (χ1v) is 7.14. The molecule has 4 heteroatoms. The third-order valence-corrected chi connectivity index (χ3v) is 3.68. The largest absolute Gasteiger partial charge is 0.275 e. The number of hydrogen-bond acceptors (Lipinski definition) is 3. The molecule has 0 N–H and O–H groups in total. The summed E-state index contributed by atoms with van der Waals surface area (Å²) in [4.78, 5) is 13.6. The molecule has 0 saturated carbocycles. The first kappa shape index (κ1) is 12.7. The third kappa shape index (κ3) is 1.97. The lowest BCUT2D eigenvalue weighted by Crippen LogP contribution is -1.99. The van der Waals surface area contributed by atoms with E-state index in [0.717, 1.165) is 33.8 Å². The van der Waals surface area contributed by atoms with E-state index >= 15 is 0 Å². The van der Waals surface area contributed by atoms with Gasteiger partial charge in [-0.3, -0.25) is 9.55 Å². The van der Waals surface area contributed by atoms with Crippen LogP contribution < -0.4 is 0 Å². The zero-order chi connectivity index (χ0) is 14.9. The van der Waals surface area contributed by atoms with Gasteiger partial charge in [0.1, 0.15) is 11.3 Å². The van der Waals surface area contributed by atoms with Crippen molar-refractivity contribution in [3.63, 3.8) is 0 Å². The lowest BCUT2D eigenvalue weighted by atomic mass is 10.2. The summed E-state index contributed by atoms with van der Waals surface area (Å²) in [6, 6.07) is 16.1. The quantitative estimate of drug-likeness (QED) is 0.563. The number of pyridine rings is 2. The summed E-state index contributed by atoms with van der Waals surface area (Å²) < 4.78 is 2.06. The summed E-state index contributed by atoms with van der Waals surface area (Å²) in [6.07, 6.45) is 5.42. The first-order chi connectivity index (χ1) is 10.8. The van der Waals surface area contributed by atoms with E-state index in [1.54, 1.807) is 6.20 Å². The molecule has 4 rings (SSSR count). The van der Waals surface area contributed by atoms with Gasteiger partial charge in [-0.1, -0.05) is 30.3 Å². The number of rotatable bonds is 2. The van der Waals surface area contributed by atoms with Crippen molar-refractivity contribution in [2.24, 2.45) is 0 Å². The minimum absolute atomic E-state index is 0.854. The molecule has 4 nitrogen and oxygen atoms in total. The highest BCUT2D eigenvalue weighted by molar-refractivity contribution is 5.82. The number of hydrogen-bond donors (Lipinski definition) is 0. The second kappa shape index (κ2) is 5.07. The van der Waals surface area contributed by atoms with Crippen LogP contribution in [0, 0.1) is 6.92 Å². The fourth-order valence-corrected chi connectivity index (χ4v) is 2.61. The Kier molecular flexibility index (Phi) is 2.93. The molecule has 0 aliphatic heterocycles. The van der Waals surface area contributed by atoms with Crippen molar-refractivity contribution in [1.82, 2.24) is 19.5 Å². The van der Waals surface area contributed by atoms with E-state index < -0.39 is 0 Å². The maximum absolute atomic E-state index is 4.83. The van der Waals surface area contributed by atoms with Crippen molar-refractivity contribution >= 4 is 11.2 Å². The Labute approximate surface area is 128 Å². The number of fused-ring (bicyclic) bond motifs is 1. The molecule has 3 aromatic heterocycles. The molecule has 0 atom stereocenters. The minimum Gasteiger partial charge on any atom is -0.275 e. The molecule has 0 fully saturated rings. The van der Waals surface area contributed by atoms with Crippen LogP contribution in [0.15, 0.2) is 67.1 Å². The normalized spacial score (nSPS) is 11.0. The van der Waals surface area contributed by atoms with E-state index in [0.29, 0.717) is 0 Å². The van der Waals surface area contributed by atoms with Crippen molar-refractivity contribution in [3.05, 3.63) is 72.7 Å². The summed E-state index contributed by atoms with van der Waals surface area (Å²) in [5.41, 5.74) is 4.91. The standard InChI is InChI=1S/C18H14N4/c1-13-9-11-20-18-16(13)21-17(14-6-3-2-4-7-14)22(18)15-8-5-10-19-12-15/h2-12H,1H3. The van der Waals surface area contributed by atoms with Gasteiger partial charge in [-0.15, -0.1) is 0 Å². The highest BCUT2D eigenvalue weighted by atomic mass is 15.1. The molecule has 0 radical (unpaired) electrons. The number of benzene rings is 1. The summed E-state index contributed by atoms with van der Waals surface area (Å²) in [6.45, 7) is 2.05. The number of aromatic nitrogens is 4. The van der Waals surface area contributed by atoms with E-state index in [1.165, 1.54) is 0 Å². The Hall–Kier alpha value is -3.01. The van der Waals surface area contributed by atoms with Gasteiger partial charge in [0.2, 0.25) is 0 Å². The van der Waals surface area contributed by atoms with E-state index in [2.05, 4.69) is 33.6 Å². The summed E-state index contributed by atoms with van der Waals surface area (Å²) >= 11 is 0. The second-order valence-electron chi connectivity index (χ2n) is 5.15. The van der Waals surface area contributed by atoms with Crippen LogP contribution in [0.25, 0.3) is 28.2 Å². The van der Waals surface area contributed by atoms with E-state index in [9.17, 15) is 0 Å². The molecule has 0 saturated heterocycles. The molecule has 0 spiro atoms. The van der Waals surface area contributed by atoms with Gasteiger partial charge in [-0.05, 0) is 30.7 Å². The van der Waals surface area contributed by atoms with Crippen molar-refractivity contribution < 1.29 is 0 Å². The molecule has 106 valence electrons. The van der Waals surface area contributed by atoms with Crippen LogP contribution in [0.3, 0.4) is 0 Å². The SMILES string of the molecule is Cc1ccnc2c1nc(-c1ccccc1)n2-c1cccnc1. The molecular weight excluding hydrogens is 272 g/mol. The highest BCUT2D eigenvalue weighted by Gasteiger charge is 2.16. The zero-order valence-electron chi connectivity index (χ0n) is 12.1. The molecule has 1 aromatic carbocycles. The Morgan fingerprint density at radius 2 is 1.77 bits per heavy atom. The Morgan fingerprint density at radius 1 is 0.909 bits per heavy atom. The van der Waals surface area contributed by atoms with Crippen LogP contribution in [-0.2, 0) is 0 Å². The van der Waals surface area contributed by atoms with Gasteiger partial charge in [0.05, 0.1) is 11.9 Å². The fourth-order valence-electron chi connectivity index (χ4n) is 2.61. The maximum Gasteiger partial charge on any atom is 0.165 e. The molecule has 22 heavy (non-hydrogen) atoms. The van der Waals surface area contributed by atoms with Gasteiger partial charge in [0.15, 0.2) is 5.65 Å². The van der Waals surface area contributed by atoms with Gasteiger partial charge < -0.3 is 0 Å². The average Bonchev–Trinajstić information content (AvgIpc) is 2.97. The summed E-state index contributed by atoms with van der Waals surface area (Å²) in [7, 11) is 0. The topological polar surface area (TPSA) is 43.6 Å². The average molecular weight is 286 g/mol. The van der Waals surface area contributed by atoms with Gasteiger partial charge in [-0.25, -0.2) is 9.97 Å². The van der Waals surface area contributed by atoms with Crippen LogP contribution in [0.2, 0.25) is 0 Å². The maximum atomic E-state index is 4.83. The predicted molar refractivity (Wildman–Crippen MR) is 86.8 cm³/mol. The van der Waals surface area contributed by atoms with E-state index in [-0.39, 0.29) is 0 Å². The molecular formula is C18H14N4. The molecule has 0 amide bonds. The van der Waals surface area contributed by atoms with Crippen LogP contribution in [0.1, 0.15) is 5.56 Å². The fraction of sp³-hybridized carbons (Fsp3) is 0.0556. The van der Waals surface area contributed by atoms with Gasteiger partial charge in [-0.2, -0.15) is 0 Å². The molecule has 0 unspecified atom stereocenters. The van der Waals surface area contributed by atoms with Crippen molar-refractivity contribution in [3.8, 4) is 17.1 Å². The van der Waals surface area contributed by atoms with Gasteiger partial charge in [0, 0.05) is 18.0 Å². The first-order valence-electron chi connectivity index (χ1n) is 7.14. The highest BCUT2D eigenvalue weighted by Crippen LogP contribution is 2.28. The van der Waals surface area contributed by atoms with E-state index in [4.69, 9.17) is 4.98 Å². The van der Waals surface area contributed by atoms with Crippen LogP contribution in [0.4, 0.5) is 0 Å². The van der Waals surface area contributed by atoms with Crippen molar-refractivity contribution in [1.29, 1.82) is 0 Å². The second-order valence-corrected chi connectivity index (χ2v) is 5.15. The number of imidazole rings is 1. The molecule has 3 heterocycles. The van der Waals surface area contributed by atoms with Gasteiger partial charge >= 0.3 is 0 Å². The van der Waals surface area contributed by atoms with Crippen molar-refractivity contribution in [2.45, 2.75) is 6.92 Å². The van der Waals surface area contributed by atoms with Crippen LogP contribution >= 0.6 is 0 Å². The van der Waals surface area contributed by atoms with Crippen LogP contribution in [-0.4, -0.2) is 19.5 Å². The minimum atomic E-state index is 0.854.